The van der Waals surface area contributed by atoms with Crippen LogP contribution in [0.25, 0.3) is 0 Å². The Morgan fingerprint density at radius 2 is 1.54 bits per heavy atom. The summed E-state index contributed by atoms with van der Waals surface area (Å²) >= 11 is 0. The van der Waals surface area contributed by atoms with E-state index in [4.69, 9.17) is 4.74 Å². The molecule has 9 heteroatoms. The predicted octanol–water partition coefficient (Wildman–Crippen LogP) is 3.36. The lowest BCUT2D eigenvalue weighted by atomic mass is 10.1. The Hall–Kier alpha value is -3.07. The van der Waals surface area contributed by atoms with Crippen LogP contribution in [0.3, 0.4) is 0 Å². The highest BCUT2D eigenvalue weighted by atomic mass is 32.2. The van der Waals surface area contributed by atoms with Crippen LogP contribution < -0.4 is 14.4 Å². The van der Waals surface area contributed by atoms with E-state index in [1.54, 1.807) is 38.3 Å². The van der Waals surface area contributed by atoms with Gasteiger partial charge in [-0.25, -0.2) is 8.42 Å². The highest BCUT2D eigenvalue weighted by Crippen LogP contribution is 2.21. The van der Waals surface area contributed by atoms with Crippen LogP contribution >= 0.6 is 0 Å². The van der Waals surface area contributed by atoms with Gasteiger partial charge in [-0.3, -0.25) is 13.9 Å². The first-order chi connectivity index (χ1) is 16.5. The maximum absolute atomic E-state index is 13.5. The molecular weight excluding hydrogens is 466 g/mol. The van der Waals surface area contributed by atoms with Crippen molar-refractivity contribution in [3.8, 4) is 5.75 Å². The van der Waals surface area contributed by atoms with E-state index in [2.05, 4.69) is 5.32 Å². The fourth-order valence-electron chi connectivity index (χ4n) is 3.49. The number of carbonyl (C=O) groups excluding carboxylic acids is 2. The molecule has 8 nitrogen and oxygen atoms in total. The molecule has 2 aromatic rings. The third-order valence-corrected chi connectivity index (χ3v) is 7.13. The predicted molar refractivity (Wildman–Crippen MR) is 139 cm³/mol. The SMILES string of the molecule is CCc1ccc(N(CC(=O)N(Cc2ccc(OC)cc2)[C@@H](C)C(=O)N[C@H](C)CC)S(C)(=O)=O)cc1. The van der Waals surface area contributed by atoms with Gasteiger partial charge in [-0.2, -0.15) is 0 Å². The fourth-order valence-corrected chi connectivity index (χ4v) is 4.34. The molecule has 192 valence electrons. The standard InChI is InChI=1S/C26H37N3O5S/c1-7-19(3)27-26(31)20(4)28(17-22-11-15-24(34-5)16-12-22)25(30)18-29(35(6,32)33)23-13-9-21(8-2)10-14-23/h9-16,19-20H,7-8,17-18H2,1-6H3,(H,27,31)/t19-,20+/m1/s1. The number of methoxy groups -OCH3 is 1. The molecule has 1 N–H and O–H groups in total. The second-order valence-corrected chi connectivity index (χ2v) is 10.6. The van der Waals surface area contributed by atoms with Crippen LogP contribution in [0.1, 0.15) is 45.2 Å². The summed E-state index contributed by atoms with van der Waals surface area (Å²) in [4.78, 5) is 27.9. The Kier molecular flexibility index (Phi) is 10.1. The molecule has 0 radical (unpaired) electrons. The van der Waals surface area contributed by atoms with Gasteiger partial charge in [0.05, 0.1) is 19.1 Å². The number of amides is 2. The van der Waals surface area contributed by atoms with Crippen LogP contribution in [-0.2, 0) is 32.6 Å². The molecule has 0 fully saturated rings. The molecule has 0 bridgehead atoms. The summed E-state index contributed by atoms with van der Waals surface area (Å²) in [6, 6.07) is 13.4. The normalized spacial score (nSPS) is 13.0. The summed E-state index contributed by atoms with van der Waals surface area (Å²) in [7, 11) is -2.18. The Bertz CT molecular complexity index is 1080. The minimum absolute atomic E-state index is 0.0486. The zero-order valence-corrected chi connectivity index (χ0v) is 22.3. The molecule has 0 saturated heterocycles. The molecule has 2 aromatic carbocycles. The van der Waals surface area contributed by atoms with Gasteiger partial charge < -0.3 is 15.0 Å². The van der Waals surface area contributed by atoms with E-state index in [1.807, 2.05) is 45.0 Å². The maximum atomic E-state index is 13.5. The first-order valence-corrected chi connectivity index (χ1v) is 13.6. The van der Waals surface area contributed by atoms with Gasteiger partial charge in [0, 0.05) is 12.6 Å². The van der Waals surface area contributed by atoms with Crippen molar-refractivity contribution >= 4 is 27.5 Å². The number of nitrogens with zero attached hydrogens (tertiary/aromatic N) is 2. The molecule has 0 aliphatic heterocycles. The Morgan fingerprint density at radius 3 is 2.03 bits per heavy atom. The van der Waals surface area contributed by atoms with Crippen LogP contribution in [0.5, 0.6) is 5.75 Å². The van der Waals surface area contributed by atoms with Crippen molar-refractivity contribution < 1.29 is 22.7 Å². The van der Waals surface area contributed by atoms with Gasteiger partial charge in [-0.15, -0.1) is 0 Å². The quantitative estimate of drug-likeness (QED) is 0.479. The molecule has 0 saturated carbocycles. The number of rotatable bonds is 12. The van der Waals surface area contributed by atoms with Crippen molar-refractivity contribution in [1.82, 2.24) is 10.2 Å². The number of ether oxygens (including phenoxy) is 1. The summed E-state index contributed by atoms with van der Waals surface area (Å²) in [5.74, 6) is -0.0926. The number of benzene rings is 2. The lowest BCUT2D eigenvalue weighted by Gasteiger charge is -2.32. The van der Waals surface area contributed by atoms with E-state index in [1.165, 1.54) is 4.90 Å². The summed E-state index contributed by atoms with van der Waals surface area (Å²) in [6.45, 7) is 7.25. The smallest absolute Gasteiger partial charge is 0.244 e. The zero-order chi connectivity index (χ0) is 26.2. The van der Waals surface area contributed by atoms with Crippen molar-refractivity contribution in [3.05, 3.63) is 59.7 Å². The average molecular weight is 504 g/mol. The highest BCUT2D eigenvalue weighted by Gasteiger charge is 2.30. The second-order valence-electron chi connectivity index (χ2n) is 8.65. The van der Waals surface area contributed by atoms with E-state index in [0.717, 1.165) is 34.5 Å². The Balaban J connectivity index is 2.37. The molecule has 0 aromatic heterocycles. The fraction of sp³-hybridized carbons (Fsp3) is 0.462. The number of sulfonamides is 1. The van der Waals surface area contributed by atoms with E-state index in [0.29, 0.717) is 11.4 Å². The zero-order valence-electron chi connectivity index (χ0n) is 21.4. The number of aryl methyl sites for hydroxylation is 1. The molecule has 0 aliphatic rings. The molecule has 0 heterocycles. The van der Waals surface area contributed by atoms with Gasteiger partial charge in [-0.05, 0) is 62.1 Å². The lowest BCUT2D eigenvalue weighted by molar-refractivity contribution is -0.139. The summed E-state index contributed by atoms with van der Waals surface area (Å²) in [5, 5.41) is 2.91. The average Bonchev–Trinajstić information content (AvgIpc) is 2.84. The third-order valence-electron chi connectivity index (χ3n) is 5.99. The molecule has 2 rings (SSSR count). The van der Waals surface area contributed by atoms with Gasteiger partial charge in [0.15, 0.2) is 0 Å². The molecule has 0 unspecified atom stereocenters. The van der Waals surface area contributed by atoms with E-state index >= 15 is 0 Å². The molecule has 0 aliphatic carbocycles. The minimum atomic E-state index is -3.75. The van der Waals surface area contributed by atoms with Crippen LogP contribution in [0.2, 0.25) is 0 Å². The van der Waals surface area contributed by atoms with Gasteiger partial charge in [0.2, 0.25) is 21.8 Å². The van der Waals surface area contributed by atoms with Crippen molar-refractivity contribution in [2.45, 2.75) is 59.2 Å². The van der Waals surface area contributed by atoms with E-state index < -0.39 is 28.5 Å². The third kappa shape index (κ3) is 7.99. The van der Waals surface area contributed by atoms with E-state index in [-0.39, 0.29) is 18.5 Å². The maximum Gasteiger partial charge on any atom is 0.244 e. The molecular formula is C26H37N3O5S. The van der Waals surface area contributed by atoms with Gasteiger partial charge in [0.25, 0.3) is 0 Å². The van der Waals surface area contributed by atoms with E-state index in [9.17, 15) is 18.0 Å². The number of carbonyl (C=O) groups is 2. The highest BCUT2D eigenvalue weighted by molar-refractivity contribution is 7.92. The van der Waals surface area contributed by atoms with Crippen LogP contribution in [0, 0.1) is 0 Å². The van der Waals surface area contributed by atoms with Gasteiger partial charge >= 0.3 is 0 Å². The summed E-state index contributed by atoms with van der Waals surface area (Å²) in [5.41, 5.74) is 2.25. The molecule has 2 amide bonds. The van der Waals surface area contributed by atoms with Crippen molar-refractivity contribution in [2.75, 3.05) is 24.2 Å². The van der Waals surface area contributed by atoms with Crippen molar-refractivity contribution in [2.24, 2.45) is 0 Å². The summed E-state index contributed by atoms with van der Waals surface area (Å²) in [6.07, 6.45) is 2.64. The number of hydrogen-bond donors (Lipinski definition) is 1. The molecule has 0 spiro atoms. The first kappa shape index (κ1) is 28.2. The monoisotopic (exact) mass is 503 g/mol. The molecule has 2 atom stereocenters. The Labute approximate surface area is 209 Å². The molecule has 35 heavy (non-hydrogen) atoms. The van der Waals surface area contributed by atoms with Crippen molar-refractivity contribution in [1.29, 1.82) is 0 Å². The number of hydrogen-bond acceptors (Lipinski definition) is 5. The number of anilines is 1. The minimum Gasteiger partial charge on any atom is -0.497 e. The summed E-state index contributed by atoms with van der Waals surface area (Å²) < 4.78 is 31.5. The topological polar surface area (TPSA) is 96.0 Å². The van der Waals surface area contributed by atoms with Crippen LogP contribution in [-0.4, -0.2) is 57.1 Å². The Morgan fingerprint density at radius 1 is 0.971 bits per heavy atom. The lowest BCUT2D eigenvalue weighted by Crippen LogP contribution is -2.52. The second kappa shape index (κ2) is 12.6. The first-order valence-electron chi connectivity index (χ1n) is 11.8. The van der Waals surface area contributed by atoms with Crippen molar-refractivity contribution in [3.63, 3.8) is 0 Å². The largest absolute Gasteiger partial charge is 0.497 e. The number of nitrogens with one attached hydrogen (secondary N) is 1. The van der Waals surface area contributed by atoms with Crippen LogP contribution in [0.4, 0.5) is 5.69 Å². The van der Waals surface area contributed by atoms with Gasteiger partial charge in [-0.1, -0.05) is 38.1 Å². The van der Waals surface area contributed by atoms with Gasteiger partial charge in [0.1, 0.15) is 18.3 Å². The van der Waals surface area contributed by atoms with Crippen LogP contribution in [0.15, 0.2) is 48.5 Å².